The molecule has 0 aliphatic carbocycles. The van der Waals surface area contributed by atoms with Crippen molar-refractivity contribution < 1.29 is 4.79 Å². The molecule has 1 aliphatic rings. The fourth-order valence-corrected chi connectivity index (χ4v) is 2.33. The number of nitrogens with one attached hydrogen (secondary N) is 1. The van der Waals surface area contributed by atoms with E-state index in [1.807, 2.05) is 0 Å². The van der Waals surface area contributed by atoms with Crippen molar-refractivity contribution >= 4 is 11.6 Å². The fourth-order valence-electron chi connectivity index (χ4n) is 2.33. The third kappa shape index (κ3) is 4.05. The molecule has 0 bridgehead atoms. The summed E-state index contributed by atoms with van der Waals surface area (Å²) in [5.74, 6) is -0.0231. The van der Waals surface area contributed by atoms with Gasteiger partial charge in [-0.2, -0.15) is 5.26 Å². The van der Waals surface area contributed by atoms with E-state index in [1.165, 1.54) is 0 Å². The van der Waals surface area contributed by atoms with Gasteiger partial charge in [0.05, 0.1) is 18.2 Å². The molecule has 20 heavy (non-hydrogen) atoms. The van der Waals surface area contributed by atoms with E-state index < -0.39 is 0 Å². The molecule has 1 amide bonds. The summed E-state index contributed by atoms with van der Waals surface area (Å²) in [5, 5.41) is 11.7. The van der Waals surface area contributed by atoms with Crippen LogP contribution in [0.25, 0.3) is 0 Å². The summed E-state index contributed by atoms with van der Waals surface area (Å²) in [6, 6.07) is 9.05. The highest BCUT2D eigenvalue weighted by atomic mass is 16.2. The quantitative estimate of drug-likeness (QED) is 0.893. The zero-order valence-electron chi connectivity index (χ0n) is 11.8. The average molecular weight is 272 g/mol. The molecule has 0 saturated carbocycles. The molecule has 106 valence electrons. The molecule has 1 saturated heterocycles. The van der Waals surface area contributed by atoms with E-state index in [1.54, 1.807) is 24.3 Å². The first-order valence-electron chi connectivity index (χ1n) is 6.96. The Morgan fingerprint density at radius 2 is 2.00 bits per heavy atom. The molecular weight excluding hydrogens is 252 g/mol. The molecule has 1 aromatic rings. The van der Waals surface area contributed by atoms with Gasteiger partial charge in [0.2, 0.25) is 5.91 Å². The summed E-state index contributed by atoms with van der Waals surface area (Å²) in [6.45, 7) is 7.54. The minimum Gasteiger partial charge on any atom is -0.325 e. The predicted octanol–water partition coefficient (Wildman–Crippen LogP) is 1.13. The van der Waals surface area contributed by atoms with Crippen LogP contribution in [0.5, 0.6) is 0 Å². The number of carbonyl (C=O) groups is 1. The van der Waals surface area contributed by atoms with Gasteiger partial charge in [0.15, 0.2) is 0 Å². The van der Waals surface area contributed by atoms with Gasteiger partial charge >= 0.3 is 0 Å². The Labute approximate surface area is 119 Å². The summed E-state index contributed by atoms with van der Waals surface area (Å²) in [5.41, 5.74) is 1.24. The molecule has 0 atom stereocenters. The van der Waals surface area contributed by atoms with E-state index in [2.05, 4.69) is 28.1 Å². The zero-order chi connectivity index (χ0) is 14.4. The first kappa shape index (κ1) is 14.5. The molecule has 1 heterocycles. The number of anilines is 1. The second kappa shape index (κ2) is 7.04. The number of hydrogen-bond donors (Lipinski definition) is 1. The molecule has 1 fully saturated rings. The first-order chi connectivity index (χ1) is 9.71. The van der Waals surface area contributed by atoms with Crippen molar-refractivity contribution in [1.29, 1.82) is 5.26 Å². The number of nitriles is 1. The Bertz CT molecular complexity index is 501. The Balaban J connectivity index is 1.82. The van der Waals surface area contributed by atoms with Crippen LogP contribution in [-0.4, -0.2) is 55.0 Å². The highest BCUT2D eigenvalue weighted by Gasteiger charge is 2.17. The van der Waals surface area contributed by atoms with Gasteiger partial charge in [-0.3, -0.25) is 9.69 Å². The topological polar surface area (TPSA) is 59.4 Å². The minimum absolute atomic E-state index is 0.0231. The van der Waals surface area contributed by atoms with Gasteiger partial charge in [0.25, 0.3) is 0 Å². The molecule has 1 aliphatic heterocycles. The third-order valence-electron chi connectivity index (χ3n) is 3.55. The summed E-state index contributed by atoms with van der Waals surface area (Å²) in [4.78, 5) is 16.5. The number of hydrogen-bond acceptors (Lipinski definition) is 4. The second-order valence-electron chi connectivity index (χ2n) is 4.95. The lowest BCUT2D eigenvalue weighted by Crippen LogP contribution is -2.48. The Morgan fingerprint density at radius 3 is 2.65 bits per heavy atom. The number of carbonyl (C=O) groups excluding carboxylic acids is 1. The van der Waals surface area contributed by atoms with E-state index in [0.717, 1.165) is 32.7 Å². The van der Waals surface area contributed by atoms with Crippen LogP contribution in [-0.2, 0) is 4.79 Å². The van der Waals surface area contributed by atoms with Crippen LogP contribution in [0.15, 0.2) is 24.3 Å². The van der Waals surface area contributed by atoms with Gasteiger partial charge in [-0.05, 0) is 24.7 Å². The number of amides is 1. The van der Waals surface area contributed by atoms with Crippen molar-refractivity contribution in [3.8, 4) is 6.07 Å². The Hall–Kier alpha value is -1.90. The van der Waals surface area contributed by atoms with Gasteiger partial charge in [-0.1, -0.05) is 13.0 Å². The molecule has 0 radical (unpaired) electrons. The molecule has 5 nitrogen and oxygen atoms in total. The molecule has 1 aromatic carbocycles. The van der Waals surface area contributed by atoms with Crippen molar-refractivity contribution in [1.82, 2.24) is 9.80 Å². The van der Waals surface area contributed by atoms with Crippen LogP contribution in [0.1, 0.15) is 12.5 Å². The maximum atomic E-state index is 12.0. The van der Waals surface area contributed by atoms with Crippen molar-refractivity contribution in [2.24, 2.45) is 0 Å². The van der Waals surface area contributed by atoms with E-state index >= 15 is 0 Å². The van der Waals surface area contributed by atoms with Crippen molar-refractivity contribution in [3.63, 3.8) is 0 Å². The predicted molar refractivity (Wildman–Crippen MR) is 78.3 cm³/mol. The number of nitrogens with zero attached hydrogens (tertiary/aromatic N) is 3. The van der Waals surface area contributed by atoms with Crippen LogP contribution in [0.4, 0.5) is 5.69 Å². The van der Waals surface area contributed by atoms with Crippen molar-refractivity contribution in [2.75, 3.05) is 44.6 Å². The van der Waals surface area contributed by atoms with Gasteiger partial charge in [0.1, 0.15) is 0 Å². The summed E-state index contributed by atoms with van der Waals surface area (Å²) in [6.07, 6.45) is 0. The largest absolute Gasteiger partial charge is 0.325 e. The van der Waals surface area contributed by atoms with Gasteiger partial charge in [0, 0.05) is 31.9 Å². The number of likely N-dealkylation sites (N-methyl/N-ethyl adjacent to an activating group) is 1. The normalized spacial score (nSPS) is 16.6. The van der Waals surface area contributed by atoms with Gasteiger partial charge in [-0.25, -0.2) is 0 Å². The SMILES string of the molecule is CCN1CCN(CC(=O)Nc2cccc(C#N)c2)CC1. The lowest BCUT2D eigenvalue weighted by Gasteiger charge is -2.33. The maximum Gasteiger partial charge on any atom is 0.238 e. The monoisotopic (exact) mass is 272 g/mol. The number of piperazine rings is 1. The molecule has 0 aromatic heterocycles. The summed E-state index contributed by atoms with van der Waals surface area (Å²) >= 11 is 0. The molecule has 0 spiro atoms. The fraction of sp³-hybridized carbons (Fsp3) is 0.467. The zero-order valence-corrected chi connectivity index (χ0v) is 11.8. The standard InChI is InChI=1S/C15H20N4O/c1-2-18-6-8-19(9-7-18)12-15(20)17-14-5-3-4-13(10-14)11-16/h3-5,10H,2,6-9,12H2,1H3,(H,17,20). The second-order valence-corrected chi connectivity index (χ2v) is 4.95. The Kier molecular flexibility index (Phi) is 5.10. The summed E-state index contributed by atoms with van der Waals surface area (Å²) in [7, 11) is 0. The van der Waals surface area contributed by atoms with E-state index in [9.17, 15) is 4.79 Å². The van der Waals surface area contributed by atoms with Crippen LogP contribution in [0.2, 0.25) is 0 Å². The molecule has 0 unspecified atom stereocenters. The Morgan fingerprint density at radius 1 is 1.30 bits per heavy atom. The lowest BCUT2D eigenvalue weighted by atomic mass is 10.2. The van der Waals surface area contributed by atoms with Gasteiger partial charge in [-0.15, -0.1) is 0 Å². The number of rotatable bonds is 4. The lowest BCUT2D eigenvalue weighted by molar-refractivity contribution is -0.117. The maximum absolute atomic E-state index is 12.0. The van der Waals surface area contributed by atoms with Crippen molar-refractivity contribution in [3.05, 3.63) is 29.8 Å². The summed E-state index contributed by atoms with van der Waals surface area (Å²) < 4.78 is 0. The van der Waals surface area contributed by atoms with Crippen LogP contribution >= 0.6 is 0 Å². The minimum atomic E-state index is -0.0231. The highest BCUT2D eigenvalue weighted by Crippen LogP contribution is 2.10. The molecular formula is C15H20N4O. The van der Waals surface area contributed by atoms with Crippen LogP contribution in [0, 0.1) is 11.3 Å². The average Bonchev–Trinajstić information content (AvgIpc) is 2.48. The van der Waals surface area contributed by atoms with E-state index in [-0.39, 0.29) is 5.91 Å². The van der Waals surface area contributed by atoms with Gasteiger partial charge < -0.3 is 10.2 Å². The first-order valence-corrected chi connectivity index (χ1v) is 6.96. The molecule has 5 heteroatoms. The van der Waals surface area contributed by atoms with Crippen LogP contribution in [0.3, 0.4) is 0 Å². The van der Waals surface area contributed by atoms with Crippen molar-refractivity contribution in [2.45, 2.75) is 6.92 Å². The smallest absolute Gasteiger partial charge is 0.238 e. The number of benzene rings is 1. The van der Waals surface area contributed by atoms with Crippen LogP contribution < -0.4 is 5.32 Å². The van der Waals surface area contributed by atoms with E-state index in [0.29, 0.717) is 17.8 Å². The third-order valence-corrected chi connectivity index (χ3v) is 3.55. The van der Waals surface area contributed by atoms with E-state index in [4.69, 9.17) is 5.26 Å². The molecule has 1 N–H and O–H groups in total. The molecule has 2 rings (SSSR count). The highest BCUT2D eigenvalue weighted by molar-refractivity contribution is 5.92.